The van der Waals surface area contributed by atoms with Crippen molar-refractivity contribution in [2.24, 2.45) is 5.92 Å². The molecular formula is C13H27N. The third-order valence-corrected chi connectivity index (χ3v) is 3.40. The summed E-state index contributed by atoms with van der Waals surface area (Å²) < 4.78 is 0. The van der Waals surface area contributed by atoms with Crippen LogP contribution in [-0.4, -0.2) is 13.1 Å². The highest BCUT2D eigenvalue weighted by molar-refractivity contribution is 4.67. The van der Waals surface area contributed by atoms with E-state index < -0.39 is 0 Å². The molecule has 0 aromatic rings. The van der Waals surface area contributed by atoms with Crippen molar-refractivity contribution in [2.45, 2.75) is 64.7 Å². The fraction of sp³-hybridized carbons (Fsp3) is 1.00. The van der Waals surface area contributed by atoms with Gasteiger partial charge in [-0.15, -0.1) is 0 Å². The van der Waals surface area contributed by atoms with Crippen molar-refractivity contribution in [2.75, 3.05) is 13.1 Å². The molecule has 0 atom stereocenters. The van der Waals surface area contributed by atoms with Gasteiger partial charge in [0.2, 0.25) is 0 Å². The Kier molecular flexibility index (Phi) is 7.12. The summed E-state index contributed by atoms with van der Waals surface area (Å²) in [5, 5.41) is 3.51. The number of nitrogens with one attached hydrogen (secondary N) is 1. The van der Waals surface area contributed by atoms with Crippen molar-refractivity contribution >= 4 is 0 Å². The number of hydrogen-bond donors (Lipinski definition) is 1. The van der Waals surface area contributed by atoms with Crippen LogP contribution in [-0.2, 0) is 0 Å². The highest BCUT2D eigenvalue weighted by atomic mass is 14.8. The largest absolute Gasteiger partial charge is 0.317 e. The van der Waals surface area contributed by atoms with Crippen LogP contribution in [0, 0.1) is 5.92 Å². The second-order valence-electron chi connectivity index (χ2n) is 4.75. The van der Waals surface area contributed by atoms with E-state index in [0.717, 1.165) is 5.92 Å². The van der Waals surface area contributed by atoms with Crippen LogP contribution in [0.3, 0.4) is 0 Å². The Morgan fingerprint density at radius 3 is 2.43 bits per heavy atom. The second kappa shape index (κ2) is 8.28. The molecule has 14 heavy (non-hydrogen) atoms. The summed E-state index contributed by atoms with van der Waals surface area (Å²) in [7, 11) is 0. The fourth-order valence-corrected chi connectivity index (χ4v) is 2.41. The molecule has 84 valence electrons. The third-order valence-electron chi connectivity index (χ3n) is 3.40. The summed E-state index contributed by atoms with van der Waals surface area (Å²) >= 11 is 0. The number of unbranched alkanes of at least 4 members (excludes halogenated alkanes) is 2. The minimum Gasteiger partial charge on any atom is -0.317 e. The summed E-state index contributed by atoms with van der Waals surface area (Å²) in [4.78, 5) is 0. The minimum absolute atomic E-state index is 1.09. The maximum Gasteiger partial charge on any atom is -0.00489 e. The smallest absolute Gasteiger partial charge is 0.00489 e. The number of rotatable bonds is 8. The van der Waals surface area contributed by atoms with Crippen LogP contribution in [0.4, 0.5) is 0 Å². The van der Waals surface area contributed by atoms with E-state index >= 15 is 0 Å². The highest BCUT2D eigenvalue weighted by Crippen LogP contribution is 2.28. The average molecular weight is 197 g/mol. The summed E-state index contributed by atoms with van der Waals surface area (Å²) in [6.45, 7) is 4.72. The summed E-state index contributed by atoms with van der Waals surface area (Å²) in [5.74, 6) is 1.09. The van der Waals surface area contributed by atoms with Gasteiger partial charge >= 0.3 is 0 Å². The summed E-state index contributed by atoms with van der Waals surface area (Å²) in [6, 6.07) is 0. The molecule has 0 radical (unpaired) electrons. The number of hydrogen-bond acceptors (Lipinski definition) is 1. The van der Waals surface area contributed by atoms with Crippen molar-refractivity contribution in [1.29, 1.82) is 0 Å². The fourth-order valence-electron chi connectivity index (χ4n) is 2.41. The van der Waals surface area contributed by atoms with E-state index in [9.17, 15) is 0 Å². The van der Waals surface area contributed by atoms with Crippen LogP contribution in [0.15, 0.2) is 0 Å². The molecule has 1 N–H and O–H groups in total. The van der Waals surface area contributed by atoms with E-state index in [1.165, 1.54) is 70.9 Å². The lowest BCUT2D eigenvalue weighted by molar-refractivity contribution is 0.465. The molecule has 0 heterocycles. The van der Waals surface area contributed by atoms with Crippen LogP contribution in [0.5, 0.6) is 0 Å². The first kappa shape index (κ1) is 12.0. The molecular weight excluding hydrogens is 170 g/mol. The molecule has 1 aliphatic rings. The molecule has 0 unspecified atom stereocenters. The quantitative estimate of drug-likeness (QED) is 0.585. The monoisotopic (exact) mass is 197 g/mol. The van der Waals surface area contributed by atoms with Crippen molar-refractivity contribution in [1.82, 2.24) is 5.32 Å². The van der Waals surface area contributed by atoms with Crippen molar-refractivity contribution in [3.05, 3.63) is 0 Å². The molecule has 0 aromatic heterocycles. The maximum absolute atomic E-state index is 3.51. The molecule has 0 aromatic carbocycles. The van der Waals surface area contributed by atoms with Gasteiger partial charge in [-0.05, 0) is 31.8 Å². The van der Waals surface area contributed by atoms with Gasteiger partial charge in [0.1, 0.15) is 0 Å². The SMILES string of the molecule is CCCCNCCCCC1CCCC1. The predicted octanol–water partition coefficient (Wildman–Crippen LogP) is 3.74. The summed E-state index contributed by atoms with van der Waals surface area (Å²) in [5.41, 5.74) is 0. The Hall–Kier alpha value is -0.0400. The molecule has 1 aliphatic carbocycles. The molecule has 1 heteroatoms. The molecule has 1 saturated carbocycles. The molecule has 0 spiro atoms. The zero-order chi connectivity index (χ0) is 10.1. The molecule has 1 rings (SSSR count). The molecule has 0 bridgehead atoms. The van der Waals surface area contributed by atoms with Gasteiger partial charge in [-0.1, -0.05) is 51.9 Å². The van der Waals surface area contributed by atoms with Crippen molar-refractivity contribution in [3.8, 4) is 0 Å². The van der Waals surface area contributed by atoms with E-state index in [4.69, 9.17) is 0 Å². The zero-order valence-electron chi connectivity index (χ0n) is 9.86. The first-order chi connectivity index (χ1) is 6.93. The van der Waals surface area contributed by atoms with Gasteiger partial charge in [-0.2, -0.15) is 0 Å². The van der Waals surface area contributed by atoms with Gasteiger partial charge < -0.3 is 5.32 Å². The van der Waals surface area contributed by atoms with Crippen LogP contribution < -0.4 is 5.32 Å². The van der Waals surface area contributed by atoms with Crippen LogP contribution in [0.2, 0.25) is 0 Å². The Morgan fingerprint density at radius 1 is 1.00 bits per heavy atom. The van der Waals surface area contributed by atoms with Gasteiger partial charge in [0.25, 0.3) is 0 Å². The normalized spacial score (nSPS) is 17.8. The minimum atomic E-state index is 1.09. The lowest BCUT2D eigenvalue weighted by atomic mass is 10.0. The van der Waals surface area contributed by atoms with Crippen LogP contribution >= 0.6 is 0 Å². The highest BCUT2D eigenvalue weighted by Gasteiger charge is 2.13. The van der Waals surface area contributed by atoms with E-state index in [1.54, 1.807) is 0 Å². The predicted molar refractivity (Wildman–Crippen MR) is 63.6 cm³/mol. The molecule has 0 saturated heterocycles. The Morgan fingerprint density at radius 2 is 1.71 bits per heavy atom. The first-order valence-corrected chi connectivity index (χ1v) is 6.64. The second-order valence-corrected chi connectivity index (χ2v) is 4.75. The lowest BCUT2D eigenvalue weighted by Crippen LogP contribution is -2.16. The Balaban J connectivity index is 1.75. The Bertz CT molecular complexity index is 116. The van der Waals surface area contributed by atoms with Crippen LogP contribution in [0.25, 0.3) is 0 Å². The van der Waals surface area contributed by atoms with Crippen LogP contribution in [0.1, 0.15) is 64.7 Å². The molecule has 1 nitrogen and oxygen atoms in total. The van der Waals surface area contributed by atoms with Gasteiger partial charge in [-0.3, -0.25) is 0 Å². The van der Waals surface area contributed by atoms with E-state index in [1.807, 2.05) is 0 Å². The van der Waals surface area contributed by atoms with E-state index in [0.29, 0.717) is 0 Å². The van der Waals surface area contributed by atoms with Gasteiger partial charge in [-0.25, -0.2) is 0 Å². The van der Waals surface area contributed by atoms with Gasteiger partial charge in [0.15, 0.2) is 0 Å². The zero-order valence-corrected chi connectivity index (χ0v) is 9.86. The van der Waals surface area contributed by atoms with Gasteiger partial charge in [0, 0.05) is 0 Å². The first-order valence-electron chi connectivity index (χ1n) is 6.64. The van der Waals surface area contributed by atoms with Crippen molar-refractivity contribution < 1.29 is 0 Å². The Labute approximate surface area is 89.7 Å². The van der Waals surface area contributed by atoms with Gasteiger partial charge in [0.05, 0.1) is 0 Å². The van der Waals surface area contributed by atoms with E-state index in [-0.39, 0.29) is 0 Å². The average Bonchev–Trinajstić information content (AvgIpc) is 2.69. The topological polar surface area (TPSA) is 12.0 Å². The molecule has 1 fully saturated rings. The molecule has 0 amide bonds. The van der Waals surface area contributed by atoms with E-state index in [2.05, 4.69) is 12.2 Å². The summed E-state index contributed by atoms with van der Waals surface area (Å²) in [6.07, 6.45) is 13.0. The maximum atomic E-state index is 3.51. The molecule has 0 aliphatic heterocycles. The third kappa shape index (κ3) is 5.64. The van der Waals surface area contributed by atoms with Crippen molar-refractivity contribution in [3.63, 3.8) is 0 Å². The standard InChI is InChI=1S/C13H27N/c1-2-3-11-14-12-7-6-10-13-8-4-5-9-13/h13-14H,2-12H2,1H3. The lowest BCUT2D eigenvalue weighted by Gasteiger charge is -2.08.